The second-order valence-corrected chi connectivity index (χ2v) is 18.4. The molecule has 62 heavy (non-hydrogen) atoms. The van der Waals surface area contributed by atoms with Crippen molar-refractivity contribution in [2.24, 2.45) is 39.6 Å². The lowest BCUT2D eigenvalue weighted by Gasteiger charge is -2.50. The number of anilines is 1. The SMILES string of the molecule is CO[C@H]1C=CO[C@@]2(C)Oc3c(C)c(O)c4c(O)c(c5c(c4c3C2=O)NC2(CC[N+]([O-])(CC(C)C)CC2)N=5)=NC(=O)C(C)=C/C=C/[C@H](C)[C@H](O)[C@@H](C)[C@@H](O)[C@@H](C)[C@H](OC(C)=O)[C@@H]1C. The molecular weight excluding hydrogens is 801 g/mol. The molecule has 0 saturated carbocycles. The number of phenolic OH excluding ortho intramolecular Hbond substituents is 2. The monoisotopic (exact) mass is 862 g/mol. The third-order valence-electron chi connectivity index (χ3n) is 13.2. The number of aliphatic hydroxyl groups is 2. The Morgan fingerprint density at radius 2 is 1.66 bits per heavy atom. The van der Waals surface area contributed by atoms with E-state index in [4.69, 9.17) is 23.9 Å². The molecule has 0 aliphatic carbocycles. The number of fused-ring (bicyclic) bond motifs is 1. The molecule has 4 bridgehead atoms. The number of amides is 1. The Hall–Kier alpha value is -4.87. The van der Waals surface area contributed by atoms with Crippen LogP contribution in [0.15, 0.2) is 46.1 Å². The van der Waals surface area contributed by atoms with Gasteiger partial charge in [-0.3, -0.25) is 19.4 Å². The summed E-state index contributed by atoms with van der Waals surface area (Å²) in [5, 5.41) is 63.9. The normalized spacial score (nSPS) is 34.6. The number of benzene rings is 2. The lowest BCUT2D eigenvalue weighted by atomic mass is 9.78. The van der Waals surface area contributed by atoms with Gasteiger partial charge in [0.25, 0.3) is 11.7 Å². The summed E-state index contributed by atoms with van der Waals surface area (Å²) in [6.45, 7) is 17.6. The number of ether oxygens (including phenoxy) is 4. The van der Waals surface area contributed by atoms with Crippen LogP contribution in [0, 0.1) is 41.7 Å². The number of piperidine rings is 1. The van der Waals surface area contributed by atoms with Gasteiger partial charge in [0.1, 0.15) is 34.0 Å². The number of phenols is 2. The van der Waals surface area contributed by atoms with E-state index in [2.05, 4.69) is 10.3 Å². The highest BCUT2D eigenvalue weighted by Crippen LogP contribution is 2.51. The maximum Gasteiger partial charge on any atom is 0.312 e. The van der Waals surface area contributed by atoms with E-state index in [1.165, 1.54) is 53.2 Å². The van der Waals surface area contributed by atoms with Crippen LogP contribution in [-0.4, -0.2) is 105 Å². The minimum atomic E-state index is -1.99. The Morgan fingerprint density at radius 1 is 1.00 bits per heavy atom. The zero-order valence-corrected chi connectivity index (χ0v) is 37.5. The standard InChI is InChI=1S/C46H62N4O12/c1-22(2)21-50(58)18-16-46(17-19-50)48-34-31-32-39(54)28(8)42-33(31)43(56)45(10,62-42)60-20-15-30(59-11)25(5)41(61-29(9)51)27(7)38(53)26(6)37(52)23(3)13-12-14-24(4)44(57)47-36(40(32)55)35(34)49-46/h12-15,20,22-23,25-27,30,37-38,41,48,52-55H,16-19,21H2,1-11H3/b13-12+,20-15?,24-14?,47-36?/t23-,25+,26+,27+,30-,37-,38+,41+,45-,46?,50?/m0/s1. The minimum absolute atomic E-state index is 0.00422. The number of nitrogens with zero attached hydrogens (tertiary/aromatic N) is 3. The number of likely N-dealkylation sites (tertiary alicyclic amines) is 1. The maximum atomic E-state index is 14.7. The summed E-state index contributed by atoms with van der Waals surface area (Å²) < 4.78 is 23.5. The van der Waals surface area contributed by atoms with Gasteiger partial charge in [0, 0.05) is 79.9 Å². The van der Waals surface area contributed by atoms with Gasteiger partial charge in [-0.25, -0.2) is 4.99 Å². The molecule has 9 atom stereocenters. The molecule has 2 aromatic carbocycles. The van der Waals surface area contributed by atoms with Crippen molar-refractivity contribution in [3.05, 3.63) is 63.2 Å². The summed E-state index contributed by atoms with van der Waals surface area (Å²) in [5.74, 6) is -7.25. The molecule has 0 aromatic heterocycles. The van der Waals surface area contributed by atoms with Crippen LogP contribution in [0.4, 0.5) is 5.69 Å². The number of allylic oxidation sites excluding steroid dienone is 2. The first-order valence-electron chi connectivity index (χ1n) is 21.4. The molecule has 1 spiro atoms. The van der Waals surface area contributed by atoms with E-state index in [-0.39, 0.29) is 68.6 Å². The van der Waals surface area contributed by atoms with E-state index in [9.17, 15) is 40.0 Å². The molecule has 16 heteroatoms. The van der Waals surface area contributed by atoms with Crippen LogP contribution >= 0.6 is 0 Å². The van der Waals surface area contributed by atoms with Crippen molar-refractivity contribution in [3.8, 4) is 17.2 Å². The zero-order chi connectivity index (χ0) is 45.8. The van der Waals surface area contributed by atoms with Crippen LogP contribution in [-0.2, 0) is 23.8 Å². The first kappa shape index (κ1) is 46.6. The van der Waals surface area contributed by atoms with Gasteiger partial charge in [-0.15, -0.1) is 0 Å². The maximum absolute atomic E-state index is 14.7. The average molecular weight is 863 g/mol. The summed E-state index contributed by atoms with van der Waals surface area (Å²) >= 11 is 0. The van der Waals surface area contributed by atoms with Crippen LogP contribution in [0.5, 0.6) is 17.2 Å². The number of aromatic hydroxyl groups is 2. The number of aliphatic hydroxyl groups excluding tert-OH is 2. The Kier molecular flexibility index (Phi) is 13.1. The van der Waals surface area contributed by atoms with E-state index in [1.807, 2.05) is 13.8 Å². The molecule has 5 N–H and O–H groups in total. The molecule has 2 aromatic rings. The van der Waals surface area contributed by atoms with E-state index in [0.717, 1.165) is 0 Å². The molecule has 4 aliphatic heterocycles. The minimum Gasteiger partial charge on any atom is -0.633 e. The number of hydrogen-bond donors (Lipinski definition) is 5. The molecule has 1 fully saturated rings. The number of carbonyl (C=O) groups is 3. The van der Waals surface area contributed by atoms with Gasteiger partial charge in [-0.05, 0) is 19.9 Å². The van der Waals surface area contributed by atoms with Crippen LogP contribution < -0.4 is 20.8 Å². The molecular formula is C46H62N4O12. The van der Waals surface area contributed by atoms with Crippen molar-refractivity contribution < 1.29 is 58.4 Å². The predicted molar refractivity (Wildman–Crippen MR) is 229 cm³/mol. The summed E-state index contributed by atoms with van der Waals surface area (Å²) in [5.41, 5.74) is -0.541. The van der Waals surface area contributed by atoms with Gasteiger partial charge >= 0.3 is 11.8 Å². The molecule has 1 saturated heterocycles. The van der Waals surface area contributed by atoms with Crippen molar-refractivity contribution in [3.63, 3.8) is 0 Å². The number of quaternary nitrogens is 1. The van der Waals surface area contributed by atoms with E-state index < -0.39 is 93.3 Å². The van der Waals surface area contributed by atoms with Crippen LogP contribution in [0.2, 0.25) is 0 Å². The van der Waals surface area contributed by atoms with E-state index in [0.29, 0.717) is 19.4 Å². The highest BCUT2D eigenvalue weighted by molar-refractivity contribution is 6.21. The predicted octanol–water partition coefficient (Wildman–Crippen LogP) is 4.76. The van der Waals surface area contributed by atoms with Crippen molar-refractivity contribution in [1.29, 1.82) is 0 Å². The van der Waals surface area contributed by atoms with Crippen molar-refractivity contribution >= 4 is 34.1 Å². The quantitative estimate of drug-likeness (QED) is 0.121. The van der Waals surface area contributed by atoms with Crippen molar-refractivity contribution in [1.82, 2.24) is 0 Å². The van der Waals surface area contributed by atoms with Crippen molar-refractivity contribution in [2.75, 3.05) is 32.1 Å². The van der Waals surface area contributed by atoms with Crippen LogP contribution in [0.25, 0.3) is 10.8 Å². The fourth-order valence-corrected chi connectivity index (χ4v) is 9.48. The number of esters is 1. The van der Waals surface area contributed by atoms with Crippen LogP contribution in [0.3, 0.4) is 0 Å². The van der Waals surface area contributed by atoms with Gasteiger partial charge in [0.05, 0.1) is 60.8 Å². The van der Waals surface area contributed by atoms with Gasteiger partial charge in [0.15, 0.2) is 5.75 Å². The molecule has 338 valence electrons. The average Bonchev–Trinajstić information content (AvgIpc) is 3.72. The number of rotatable bonds is 4. The topological polar surface area (TPSA) is 229 Å². The van der Waals surface area contributed by atoms with Crippen molar-refractivity contribution in [2.45, 2.75) is 118 Å². The Morgan fingerprint density at radius 3 is 2.27 bits per heavy atom. The highest BCUT2D eigenvalue weighted by atomic mass is 16.7. The highest BCUT2D eigenvalue weighted by Gasteiger charge is 2.51. The molecule has 0 unspecified atom stereocenters. The summed E-state index contributed by atoms with van der Waals surface area (Å²) in [7, 11) is 1.45. The van der Waals surface area contributed by atoms with Gasteiger partial charge in [-0.2, -0.15) is 0 Å². The van der Waals surface area contributed by atoms with Gasteiger partial charge in [0.2, 0.25) is 0 Å². The fraction of sp³-hybridized carbons (Fsp3) is 0.587. The zero-order valence-electron chi connectivity index (χ0n) is 37.5. The molecule has 1 amide bonds. The number of carbonyl (C=O) groups excluding carboxylic acids is 3. The smallest absolute Gasteiger partial charge is 0.312 e. The first-order chi connectivity index (χ1) is 29.0. The van der Waals surface area contributed by atoms with E-state index >= 15 is 0 Å². The Balaban J connectivity index is 1.56. The third-order valence-corrected chi connectivity index (χ3v) is 13.2. The molecule has 4 heterocycles. The number of ketones is 1. The largest absolute Gasteiger partial charge is 0.633 e. The number of hydrogen-bond acceptors (Lipinski definition) is 14. The number of Topliss-reactive ketones (excluding diaryl/α,β-unsaturated/α-hetero) is 1. The molecule has 4 aliphatic rings. The number of hydroxylamine groups is 3. The fourth-order valence-electron chi connectivity index (χ4n) is 9.48. The second-order valence-electron chi connectivity index (χ2n) is 18.4. The van der Waals surface area contributed by atoms with E-state index in [1.54, 1.807) is 39.8 Å². The molecule has 16 nitrogen and oxygen atoms in total. The lowest BCUT2D eigenvalue weighted by molar-refractivity contribution is -0.889. The lowest BCUT2D eigenvalue weighted by Crippen LogP contribution is -2.56. The summed E-state index contributed by atoms with van der Waals surface area (Å²) in [6, 6.07) is 0. The van der Waals surface area contributed by atoms with Crippen LogP contribution in [0.1, 0.15) is 91.1 Å². The first-order valence-corrected chi connectivity index (χ1v) is 21.4. The number of nitrogens with one attached hydrogen (secondary N) is 1. The van der Waals surface area contributed by atoms with Gasteiger partial charge < -0.3 is 54.5 Å². The Labute approximate surface area is 361 Å². The number of methoxy groups -OCH3 is 1. The molecule has 0 radical (unpaired) electrons. The Bertz CT molecular complexity index is 2350. The third kappa shape index (κ3) is 8.47. The molecule has 6 rings (SSSR count). The summed E-state index contributed by atoms with van der Waals surface area (Å²) in [6.07, 6.45) is 4.29. The summed E-state index contributed by atoms with van der Waals surface area (Å²) in [4.78, 5) is 50.4. The second kappa shape index (κ2) is 17.4. The van der Waals surface area contributed by atoms with Gasteiger partial charge in [-0.1, -0.05) is 59.8 Å².